The molecule has 0 bridgehead atoms. The lowest BCUT2D eigenvalue weighted by atomic mass is 9.92. The summed E-state index contributed by atoms with van der Waals surface area (Å²) >= 11 is 0. The summed E-state index contributed by atoms with van der Waals surface area (Å²) in [4.78, 5) is 0. The normalized spacial score (nSPS) is 12.3. The monoisotopic (exact) mass is 152 g/mol. The summed E-state index contributed by atoms with van der Waals surface area (Å²) < 4.78 is 0. The smallest absolute Gasteiger partial charge is 0.424 e. The van der Waals surface area contributed by atoms with Gasteiger partial charge in [-0.05, 0) is 6.42 Å². The summed E-state index contributed by atoms with van der Waals surface area (Å²) in [6.07, 6.45) is 10.1. The van der Waals surface area contributed by atoms with Crippen molar-refractivity contribution >= 4 is 7.12 Å². The molecule has 0 aliphatic carbocycles. The van der Waals surface area contributed by atoms with Crippen molar-refractivity contribution < 1.29 is 10.0 Å². The Hall–Kier alpha value is -0.795. The van der Waals surface area contributed by atoms with Gasteiger partial charge in [0.25, 0.3) is 0 Å². The fraction of sp³-hybridized carbons (Fsp3) is 0.250. The van der Waals surface area contributed by atoms with E-state index in [4.69, 9.17) is 10.0 Å². The Morgan fingerprint density at radius 2 is 1.73 bits per heavy atom. The Bertz CT molecular complexity index is 159. The Labute approximate surface area is 67.7 Å². The minimum absolute atomic E-state index is 1.01. The van der Waals surface area contributed by atoms with Gasteiger partial charge in [0.05, 0.1) is 0 Å². The summed E-state index contributed by atoms with van der Waals surface area (Å²) in [5, 5.41) is 16.7. The van der Waals surface area contributed by atoms with E-state index in [-0.39, 0.29) is 0 Å². The van der Waals surface area contributed by atoms with Crippen LogP contribution in [0.2, 0.25) is 0 Å². The van der Waals surface area contributed by atoms with E-state index in [2.05, 4.69) is 6.92 Å². The molecular formula is C8H13BO2. The van der Waals surface area contributed by atoms with E-state index < -0.39 is 7.12 Å². The average molecular weight is 152 g/mol. The topological polar surface area (TPSA) is 40.5 Å². The Balaban J connectivity index is 3.51. The third-order valence-electron chi connectivity index (χ3n) is 0.988. The molecular weight excluding hydrogens is 139 g/mol. The van der Waals surface area contributed by atoms with Crippen molar-refractivity contribution in [2.75, 3.05) is 0 Å². The quantitative estimate of drug-likeness (QED) is 0.467. The SMILES string of the molecule is CC/C=C/C=C/C=C/B(O)O. The number of hydrogen-bond acceptors (Lipinski definition) is 2. The van der Waals surface area contributed by atoms with E-state index in [1.54, 1.807) is 12.2 Å². The van der Waals surface area contributed by atoms with Gasteiger partial charge in [0.15, 0.2) is 0 Å². The fourth-order valence-electron chi connectivity index (χ4n) is 0.506. The summed E-state index contributed by atoms with van der Waals surface area (Å²) in [6.45, 7) is 2.05. The van der Waals surface area contributed by atoms with E-state index in [1.807, 2.05) is 18.2 Å². The second kappa shape index (κ2) is 7.31. The van der Waals surface area contributed by atoms with Gasteiger partial charge >= 0.3 is 7.12 Å². The first-order valence-corrected chi connectivity index (χ1v) is 3.63. The van der Waals surface area contributed by atoms with Crippen LogP contribution in [0.1, 0.15) is 13.3 Å². The lowest BCUT2D eigenvalue weighted by molar-refractivity contribution is 0.424. The van der Waals surface area contributed by atoms with E-state index >= 15 is 0 Å². The van der Waals surface area contributed by atoms with Crippen LogP contribution in [-0.4, -0.2) is 17.2 Å². The third kappa shape index (κ3) is 9.20. The van der Waals surface area contributed by atoms with Gasteiger partial charge in [0.1, 0.15) is 0 Å². The standard InChI is InChI=1S/C8H13BO2/c1-2-3-4-5-6-7-8-9(10)11/h3-8,10-11H,2H2,1H3/b4-3+,6-5+,8-7+. The van der Waals surface area contributed by atoms with Crippen LogP contribution in [0.4, 0.5) is 0 Å². The molecule has 0 amide bonds. The molecule has 0 aromatic rings. The van der Waals surface area contributed by atoms with Crippen molar-refractivity contribution in [2.24, 2.45) is 0 Å². The molecule has 0 spiro atoms. The highest BCUT2D eigenvalue weighted by Gasteiger charge is 1.94. The first kappa shape index (κ1) is 10.2. The van der Waals surface area contributed by atoms with Gasteiger partial charge in [-0.15, -0.1) is 0 Å². The Kier molecular flexibility index (Phi) is 6.78. The maximum Gasteiger partial charge on any atom is 0.480 e. The molecule has 0 aliphatic rings. The lowest BCUT2D eigenvalue weighted by Crippen LogP contribution is -2.04. The zero-order valence-electron chi connectivity index (χ0n) is 6.64. The summed E-state index contributed by atoms with van der Waals surface area (Å²) in [5.74, 6) is 1.29. The molecule has 0 heterocycles. The summed E-state index contributed by atoms with van der Waals surface area (Å²) in [7, 11) is -1.35. The number of allylic oxidation sites excluding steroid dienone is 5. The van der Waals surface area contributed by atoms with Crippen LogP contribution in [-0.2, 0) is 0 Å². The number of hydrogen-bond donors (Lipinski definition) is 2. The van der Waals surface area contributed by atoms with Crippen LogP contribution in [0.25, 0.3) is 0 Å². The Morgan fingerprint density at radius 3 is 2.27 bits per heavy atom. The summed E-state index contributed by atoms with van der Waals surface area (Å²) in [5.41, 5.74) is 0. The molecule has 0 radical (unpaired) electrons. The van der Waals surface area contributed by atoms with Crippen molar-refractivity contribution in [1.29, 1.82) is 0 Å². The molecule has 60 valence electrons. The minimum Gasteiger partial charge on any atom is -0.424 e. The largest absolute Gasteiger partial charge is 0.480 e. The second-order valence-corrected chi connectivity index (χ2v) is 2.02. The molecule has 0 fully saturated rings. The summed E-state index contributed by atoms with van der Waals surface area (Å²) in [6, 6.07) is 0. The van der Waals surface area contributed by atoms with Crippen molar-refractivity contribution in [2.45, 2.75) is 13.3 Å². The van der Waals surface area contributed by atoms with Crippen molar-refractivity contribution in [3.8, 4) is 0 Å². The molecule has 0 aliphatic heterocycles. The van der Waals surface area contributed by atoms with E-state index in [1.165, 1.54) is 5.98 Å². The van der Waals surface area contributed by atoms with Crippen LogP contribution in [0, 0.1) is 0 Å². The first-order valence-electron chi connectivity index (χ1n) is 3.63. The first-order chi connectivity index (χ1) is 5.27. The van der Waals surface area contributed by atoms with Crippen molar-refractivity contribution in [3.63, 3.8) is 0 Å². The molecule has 2 nitrogen and oxygen atoms in total. The molecule has 2 N–H and O–H groups in total. The second-order valence-electron chi connectivity index (χ2n) is 2.02. The molecule has 11 heavy (non-hydrogen) atoms. The van der Waals surface area contributed by atoms with Gasteiger partial charge < -0.3 is 10.0 Å². The molecule has 0 aromatic carbocycles. The highest BCUT2D eigenvalue weighted by molar-refractivity contribution is 6.47. The van der Waals surface area contributed by atoms with Crippen molar-refractivity contribution in [3.05, 3.63) is 36.4 Å². The molecule has 0 saturated heterocycles. The molecule has 0 rings (SSSR count). The van der Waals surface area contributed by atoms with Crippen molar-refractivity contribution in [1.82, 2.24) is 0 Å². The molecule has 0 unspecified atom stereocenters. The fourth-order valence-corrected chi connectivity index (χ4v) is 0.506. The maximum atomic E-state index is 8.37. The number of rotatable bonds is 4. The lowest BCUT2D eigenvalue weighted by Gasteiger charge is -1.81. The van der Waals surface area contributed by atoms with Gasteiger partial charge in [-0.3, -0.25) is 0 Å². The van der Waals surface area contributed by atoms with Crippen LogP contribution in [0.5, 0.6) is 0 Å². The van der Waals surface area contributed by atoms with E-state index in [0.29, 0.717) is 0 Å². The van der Waals surface area contributed by atoms with Gasteiger partial charge in [-0.1, -0.05) is 43.3 Å². The van der Waals surface area contributed by atoms with Gasteiger partial charge in [0.2, 0.25) is 0 Å². The highest BCUT2D eigenvalue weighted by Crippen LogP contribution is 1.83. The zero-order chi connectivity index (χ0) is 8.53. The molecule has 0 atom stereocenters. The minimum atomic E-state index is -1.35. The zero-order valence-corrected chi connectivity index (χ0v) is 6.64. The van der Waals surface area contributed by atoms with Gasteiger partial charge in [-0.25, -0.2) is 0 Å². The Morgan fingerprint density at radius 1 is 1.09 bits per heavy atom. The third-order valence-corrected chi connectivity index (χ3v) is 0.988. The highest BCUT2D eigenvalue weighted by atomic mass is 16.4. The van der Waals surface area contributed by atoms with Crippen LogP contribution >= 0.6 is 0 Å². The molecule has 3 heteroatoms. The van der Waals surface area contributed by atoms with Gasteiger partial charge in [-0.2, -0.15) is 0 Å². The van der Waals surface area contributed by atoms with Gasteiger partial charge in [0, 0.05) is 0 Å². The van der Waals surface area contributed by atoms with Crippen LogP contribution in [0.15, 0.2) is 36.4 Å². The van der Waals surface area contributed by atoms with E-state index in [0.717, 1.165) is 6.42 Å². The van der Waals surface area contributed by atoms with E-state index in [9.17, 15) is 0 Å². The average Bonchev–Trinajstić information content (AvgIpc) is 1.96. The van der Waals surface area contributed by atoms with Crippen LogP contribution in [0.3, 0.4) is 0 Å². The molecule has 0 saturated carbocycles. The van der Waals surface area contributed by atoms with Crippen LogP contribution < -0.4 is 0 Å². The predicted molar refractivity (Wildman–Crippen MR) is 47.9 cm³/mol. The maximum absolute atomic E-state index is 8.37. The molecule has 0 aromatic heterocycles. The predicted octanol–water partition coefficient (Wildman–Crippen LogP) is 1.08.